The minimum atomic E-state index is -0.415. The Hall–Kier alpha value is -2.23. The van der Waals surface area contributed by atoms with Crippen LogP contribution in [-0.4, -0.2) is 12.6 Å². The molecule has 80 valence electrons. The number of carbonyl (C=O) groups excluding carboxylic acids is 1. The first-order valence-electron chi connectivity index (χ1n) is 5.10. The van der Waals surface area contributed by atoms with E-state index in [-0.39, 0.29) is 0 Å². The zero-order chi connectivity index (χ0) is 11.1. The van der Waals surface area contributed by atoms with Crippen molar-refractivity contribution < 1.29 is 4.79 Å². The van der Waals surface area contributed by atoms with Gasteiger partial charge in [0.15, 0.2) is 0 Å². The molecule has 1 aromatic rings. The highest BCUT2D eigenvalue weighted by Gasteiger charge is 2.27. The third kappa shape index (κ3) is 1.13. The van der Waals surface area contributed by atoms with E-state index in [1.807, 2.05) is 36.4 Å². The van der Waals surface area contributed by atoms with Crippen LogP contribution in [0.5, 0.6) is 0 Å². The van der Waals surface area contributed by atoms with Gasteiger partial charge in [-0.05, 0) is 17.7 Å². The van der Waals surface area contributed by atoms with Crippen LogP contribution in [-0.2, 0) is 4.79 Å². The molecule has 2 aliphatic rings. The Balaban J connectivity index is 2.15. The van der Waals surface area contributed by atoms with Crippen molar-refractivity contribution in [1.29, 1.82) is 0 Å². The van der Waals surface area contributed by atoms with Crippen molar-refractivity contribution in [2.75, 3.05) is 11.6 Å². The minimum absolute atomic E-state index is 0.415. The summed E-state index contributed by atoms with van der Waals surface area (Å²) in [6.45, 7) is 0.592. The number of fused-ring (bicyclic) bond motifs is 3. The largest absolute Gasteiger partial charge is 0.364 e. The quantitative estimate of drug-likeness (QED) is 0.724. The number of allylic oxidation sites excluding steroid dienone is 1. The summed E-state index contributed by atoms with van der Waals surface area (Å²) in [4.78, 5) is 13.3. The van der Waals surface area contributed by atoms with Gasteiger partial charge >= 0.3 is 0 Å². The molecule has 1 amide bonds. The number of primary amides is 1. The molecule has 0 aromatic heterocycles. The summed E-state index contributed by atoms with van der Waals surface area (Å²) < 4.78 is 0. The van der Waals surface area contributed by atoms with Gasteiger partial charge in [0, 0.05) is 0 Å². The van der Waals surface area contributed by atoms with E-state index in [1.54, 1.807) is 0 Å². The van der Waals surface area contributed by atoms with Gasteiger partial charge in [-0.25, -0.2) is 0 Å². The van der Waals surface area contributed by atoms with Crippen LogP contribution in [0.1, 0.15) is 5.56 Å². The summed E-state index contributed by atoms with van der Waals surface area (Å²) in [5.74, 6) is -0.415. The molecule has 0 bridgehead atoms. The number of benzene rings is 1. The highest BCUT2D eigenvalue weighted by atomic mass is 16.1. The van der Waals surface area contributed by atoms with Crippen molar-refractivity contribution in [3.8, 4) is 0 Å². The number of nitrogens with one attached hydrogen (secondary N) is 1. The zero-order valence-electron chi connectivity index (χ0n) is 8.60. The van der Waals surface area contributed by atoms with Gasteiger partial charge in [-0.3, -0.25) is 4.79 Å². The van der Waals surface area contributed by atoms with Crippen molar-refractivity contribution in [3.05, 3.63) is 47.3 Å². The van der Waals surface area contributed by atoms with E-state index in [2.05, 4.69) is 10.2 Å². The average Bonchev–Trinajstić information content (AvgIpc) is 2.73. The van der Waals surface area contributed by atoms with Crippen LogP contribution in [0.25, 0.3) is 6.08 Å². The number of nitrogens with two attached hydrogens (primary N) is 1. The van der Waals surface area contributed by atoms with E-state index in [4.69, 9.17) is 5.73 Å². The van der Waals surface area contributed by atoms with Gasteiger partial charge in [-0.2, -0.15) is 0 Å². The lowest BCUT2D eigenvalue weighted by atomic mass is 10.1. The smallest absolute Gasteiger partial charge is 0.267 e. The second-order valence-corrected chi connectivity index (χ2v) is 3.78. The number of rotatable bonds is 1. The maximum absolute atomic E-state index is 11.2. The van der Waals surface area contributed by atoms with E-state index < -0.39 is 5.91 Å². The Kier molecular flexibility index (Phi) is 1.77. The van der Waals surface area contributed by atoms with Crippen LogP contribution in [0, 0.1) is 0 Å². The predicted molar refractivity (Wildman–Crippen MR) is 62.2 cm³/mol. The molecular weight excluding hydrogens is 202 g/mol. The number of amides is 1. The van der Waals surface area contributed by atoms with Crippen LogP contribution < -0.4 is 16.0 Å². The standard InChI is InChI=1S/C12H11N3O/c13-12(16)11-10-6-5-8-3-1-2-4-9(8)15(10)7-14-11/h1-6,14H,7H2,(H2,13,16). The van der Waals surface area contributed by atoms with E-state index in [0.29, 0.717) is 12.4 Å². The van der Waals surface area contributed by atoms with Gasteiger partial charge in [0.05, 0.1) is 18.1 Å². The number of anilines is 1. The normalized spacial score (nSPS) is 16.9. The topological polar surface area (TPSA) is 58.4 Å². The maximum Gasteiger partial charge on any atom is 0.267 e. The number of hydrogen-bond donors (Lipinski definition) is 2. The van der Waals surface area contributed by atoms with Gasteiger partial charge in [-0.1, -0.05) is 24.3 Å². The molecule has 0 saturated carbocycles. The number of nitrogens with zero attached hydrogens (tertiary/aromatic N) is 1. The summed E-state index contributed by atoms with van der Waals surface area (Å²) in [7, 11) is 0. The fourth-order valence-corrected chi connectivity index (χ4v) is 2.11. The fraction of sp³-hybridized carbons (Fsp3) is 0.0833. The molecule has 0 fully saturated rings. The third-order valence-corrected chi connectivity index (χ3v) is 2.86. The molecule has 0 saturated heterocycles. The van der Waals surface area contributed by atoms with E-state index in [1.165, 1.54) is 0 Å². The summed E-state index contributed by atoms with van der Waals surface area (Å²) in [5, 5.41) is 3.02. The SMILES string of the molecule is NC(=O)C1=C2C=Cc3ccccc3N2CN1. The number of para-hydroxylation sites is 1. The Labute approximate surface area is 93.0 Å². The second kappa shape index (κ2) is 3.13. The lowest BCUT2D eigenvalue weighted by molar-refractivity contribution is -0.114. The lowest BCUT2D eigenvalue weighted by Gasteiger charge is -2.24. The molecule has 0 spiro atoms. The van der Waals surface area contributed by atoms with E-state index in [9.17, 15) is 4.79 Å². The number of hydrogen-bond acceptors (Lipinski definition) is 3. The first kappa shape index (κ1) is 9.03. The van der Waals surface area contributed by atoms with Crippen molar-refractivity contribution >= 4 is 17.7 Å². The Bertz CT molecular complexity index is 531. The predicted octanol–water partition coefficient (Wildman–Crippen LogP) is 0.777. The molecule has 3 N–H and O–H groups in total. The lowest BCUT2D eigenvalue weighted by Crippen LogP contribution is -2.26. The molecule has 2 aliphatic heterocycles. The first-order valence-corrected chi connectivity index (χ1v) is 5.10. The number of carbonyl (C=O) groups is 1. The Morgan fingerprint density at radius 3 is 2.94 bits per heavy atom. The van der Waals surface area contributed by atoms with Gasteiger partial charge in [0.2, 0.25) is 0 Å². The summed E-state index contributed by atoms with van der Waals surface area (Å²) >= 11 is 0. The highest BCUT2D eigenvalue weighted by molar-refractivity contribution is 5.96. The summed E-state index contributed by atoms with van der Waals surface area (Å²) in [5.41, 5.74) is 8.90. The van der Waals surface area contributed by atoms with Crippen LogP contribution in [0.4, 0.5) is 5.69 Å². The second-order valence-electron chi connectivity index (χ2n) is 3.78. The van der Waals surface area contributed by atoms with Gasteiger partial charge in [-0.15, -0.1) is 0 Å². The molecule has 1 aromatic carbocycles. The molecule has 0 unspecified atom stereocenters. The molecule has 3 rings (SSSR count). The Morgan fingerprint density at radius 2 is 2.12 bits per heavy atom. The minimum Gasteiger partial charge on any atom is -0.364 e. The molecule has 16 heavy (non-hydrogen) atoms. The van der Waals surface area contributed by atoms with Crippen molar-refractivity contribution in [2.24, 2.45) is 5.73 Å². The van der Waals surface area contributed by atoms with Crippen molar-refractivity contribution in [3.63, 3.8) is 0 Å². The third-order valence-electron chi connectivity index (χ3n) is 2.86. The summed E-state index contributed by atoms with van der Waals surface area (Å²) in [6.07, 6.45) is 3.92. The molecule has 2 heterocycles. The fourth-order valence-electron chi connectivity index (χ4n) is 2.11. The van der Waals surface area contributed by atoms with Crippen molar-refractivity contribution in [1.82, 2.24) is 5.32 Å². The van der Waals surface area contributed by atoms with Crippen LogP contribution in [0.3, 0.4) is 0 Å². The van der Waals surface area contributed by atoms with Crippen LogP contribution in [0.15, 0.2) is 41.7 Å². The molecule has 0 aliphatic carbocycles. The maximum atomic E-state index is 11.2. The van der Waals surface area contributed by atoms with Gasteiger partial charge < -0.3 is 16.0 Å². The Morgan fingerprint density at radius 1 is 1.31 bits per heavy atom. The van der Waals surface area contributed by atoms with E-state index >= 15 is 0 Å². The van der Waals surface area contributed by atoms with E-state index in [0.717, 1.165) is 16.9 Å². The molecule has 4 nitrogen and oxygen atoms in total. The molecule has 0 radical (unpaired) electrons. The van der Waals surface area contributed by atoms with Crippen LogP contribution in [0.2, 0.25) is 0 Å². The first-order chi connectivity index (χ1) is 7.77. The molecular formula is C12H11N3O. The monoisotopic (exact) mass is 213 g/mol. The average molecular weight is 213 g/mol. The zero-order valence-corrected chi connectivity index (χ0v) is 8.60. The van der Waals surface area contributed by atoms with Gasteiger partial charge in [0.25, 0.3) is 5.91 Å². The highest BCUT2D eigenvalue weighted by Crippen LogP contribution is 2.33. The molecule has 0 atom stereocenters. The summed E-state index contributed by atoms with van der Waals surface area (Å²) in [6, 6.07) is 8.06. The van der Waals surface area contributed by atoms with Crippen LogP contribution >= 0.6 is 0 Å². The van der Waals surface area contributed by atoms with Gasteiger partial charge in [0.1, 0.15) is 5.70 Å². The molecule has 4 heteroatoms. The van der Waals surface area contributed by atoms with Crippen molar-refractivity contribution in [2.45, 2.75) is 0 Å².